The molecule has 2 heteroatoms. The van der Waals surface area contributed by atoms with Crippen molar-refractivity contribution in [2.75, 3.05) is 6.61 Å². The Morgan fingerprint density at radius 3 is 2.22 bits per heavy atom. The lowest BCUT2D eigenvalue weighted by Crippen LogP contribution is -2.56. The average Bonchev–Trinajstić information content (AvgIpc) is 1.63. The predicted octanol–water partition coefficient (Wildman–Crippen LogP) is 0.792. The lowest BCUT2D eigenvalue weighted by molar-refractivity contribution is -0.243. The van der Waals surface area contributed by atoms with Crippen LogP contribution in [0.1, 0.15) is 20.8 Å². The zero-order valence-electron chi connectivity index (χ0n) is 6.22. The molecule has 54 valence electrons. The van der Waals surface area contributed by atoms with Crippen molar-refractivity contribution in [2.45, 2.75) is 32.5 Å². The van der Waals surface area contributed by atoms with Gasteiger partial charge in [0.05, 0.1) is 18.3 Å². The summed E-state index contributed by atoms with van der Waals surface area (Å²) in [7, 11) is 0. The van der Waals surface area contributed by atoms with Gasteiger partial charge in [0.1, 0.15) is 0 Å². The third-order valence-electron chi connectivity index (χ3n) is 2.15. The molecule has 1 rings (SSSR count). The quantitative estimate of drug-likeness (QED) is 0.568. The molecule has 0 aliphatic carbocycles. The Balaban J connectivity index is 2.48. The lowest BCUT2D eigenvalue weighted by Gasteiger charge is -2.49. The van der Waals surface area contributed by atoms with Gasteiger partial charge in [0.2, 0.25) is 0 Å². The van der Waals surface area contributed by atoms with Crippen molar-refractivity contribution in [3.8, 4) is 0 Å². The van der Waals surface area contributed by atoms with Gasteiger partial charge in [0.15, 0.2) is 0 Å². The van der Waals surface area contributed by atoms with Crippen molar-refractivity contribution in [1.82, 2.24) is 0 Å². The van der Waals surface area contributed by atoms with Crippen LogP contribution in [-0.4, -0.2) is 23.4 Å². The standard InChI is InChI=1S/C7H14O2/c1-5-6(4-8)7(2,3)9-5/h5-6,8H,4H2,1-3H3. The molecule has 1 N–H and O–H groups in total. The molecule has 2 nitrogen and oxygen atoms in total. The molecule has 1 aliphatic heterocycles. The van der Waals surface area contributed by atoms with Gasteiger partial charge in [-0.05, 0) is 20.8 Å². The summed E-state index contributed by atoms with van der Waals surface area (Å²) in [6.45, 7) is 6.25. The maximum Gasteiger partial charge on any atom is 0.0705 e. The Kier molecular flexibility index (Phi) is 1.53. The van der Waals surface area contributed by atoms with Crippen LogP contribution in [0, 0.1) is 5.92 Å². The molecule has 0 aromatic carbocycles. The van der Waals surface area contributed by atoms with Crippen molar-refractivity contribution in [3.05, 3.63) is 0 Å². The fourth-order valence-electron chi connectivity index (χ4n) is 1.51. The number of ether oxygens (including phenoxy) is 1. The minimum atomic E-state index is -0.0891. The van der Waals surface area contributed by atoms with Gasteiger partial charge in [-0.2, -0.15) is 0 Å². The van der Waals surface area contributed by atoms with E-state index in [4.69, 9.17) is 9.84 Å². The van der Waals surface area contributed by atoms with E-state index >= 15 is 0 Å². The van der Waals surface area contributed by atoms with Crippen molar-refractivity contribution in [3.63, 3.8) is 0 Å². The number of aliphatic hydroxyl groups excluding tert-OH is 1. The second kappa shape index (κ2) is 1.96. The lowest BCUT2D eigenvalue weighted by atomic mass is 9.81. The molecule has 1 fully saturated rings. The van der Waals surface area contributed by atoms with Crippen LogP contribution >= 0.6 is 0 Å². The molecule has 0 aromatic heterocycles. The minimum Gasteiger partial charge on any atom is -0.396 e. The van der Waals surface area contributed by atoms with E-state index < -0.39 is 0 Å². The van der Waals surface area contributed by atoms with E-state index in [9.17, 15) is 0 Å². The second-order valence-corrected chi connectivity index (χ2v) is 3.22. The third kappa shape index (κ3) is 0.970. The Bertz CT molecular complexity index is 109. The number of aliphatic hydroxyl groups is 1. The van der Waals surface area contributed by atoms with Crippen LogP contribution in [0.4, 0.5) is 0 Å². The maximum atomic E-state index is 8.81. The Hall–Kier alpha value is -0.0800. The summed E-state index contributed by atoms with van der Waals surface area (Å²) < 4.78 is 5.37. The van der Waals surface area contributed by atoms with Crippen LogP contribution in [0.2, 0.25) is 0 Å². The summed E-state index contributed by atoms with van der Waals surface area (Å²) in [5, 5.41) is 8.81. The van der Waals surface area contributed by atoms with Crippen molar-refractivity contribution >= 4 is 0 Å². The molecule has 0 aromatic rings. The molecule has 1 saturated heterocycles. The maximum absolute atomic E-state index is 8.81. The number of hydrogen-bond donors (Lipinski definition) is 1. The number of rotatable bonds is 1. The molecule has 2 atom stereocenters. The fourth-order valence-corrected chi connectivity index (χ4v) is 1.51. The first-order valence-corrected chi connectivity index (χ1v) is 3.36. The third-order valence-corrected chi connectivity index (χ3v) is 2.15. The smallest absolute Gasteiger partial charge is 0.0705 e. The summed E-state index contributed by atoms with van der Waals surface area (Å²) in [6.07, 6.45) is 0.241. The van der Waals surface area contributed by atoms with Crippen LogP contribution in [0.15, 0.2) is 0 Å². The molecule has 2 unspecified atom stereocenters. The van der Waals surface area contributed by atoms with E-state index in [0.29, 0.717) is 5.92 Å². The van der Waals surface area contributed by atoms with Crippen LogP contribution in [0.25, 0.3) is 0 Å². The minimum absolute atomic E-state index is 0.0891. The van der Waals surface area contributed by atoms with Crippen LogP contribution < -0.4 is 0 Å². The summed E-state index contributed by atoms with van der Waals surface area (Å²) in [5.41, 5.74) is -0.0891. The summed E-state index contributed by atoms with van der Waals surface area (Å²) in [5.74, 6) is 0.331. The highest BCUT2D eigenvalue weighted by Gasteiger charge is 2.45. The van der Waals surface area contributed by atoms with Gasteiger partial charge in [-0.3, -0.25) is 0 Å². The molecule has 0 spiro atoms. The molecular weight excluding hydrogens is 116 g/mol. The van der Waals surface area contributed by atoms with Crippen molar-refractivity contribution < 1.29 is 9.84 Å². The second-order valence-electron chi connectivity index (χ2n) is 3.22. The summed E-state index contributed by atoms with van der Waals surface area (Å²) in [6, 6.07) is 0. The van der Waals surface area contributed by atoms with Gasteiger partial charge >= 0.3 is 0 Å². The monoisotopic (exact) mass is 130 g/mol. The molecule has 1 aliphatic rings. The van der Waals surface area contributed by atoms with E-state index in [1.54, 1.807) is 0 Å². The first-order valence-electron chi connectivity index (χ1n) is 3.36. The Morgan fingerprint density at radius 1 is 1.56 bits per heavy atom. The highest BCUT2D eigenvalue weighted by molar-refractivity contribution is 4.92. The SMILES string of the molecule is CC1OC(C)(C)C1CO. The molecule has 0 radical (unpaired) electrons. The van der Waals surface area contributed by atoms with E-state index in [-0.39, 0.29) is 18.3 Å². The molecule has 0 amide bonds. The van der Waals surface area contributed by atoms with Gasteiger partial charge in [0, 0.05) is 5.92 Å². The topological polar surface area (TPSA) is 29.5 Å². The molecular formula is C7H14O2. The highest BCUT2D eigenvalue weighted by Crippen LogP contribution is 2.37. The van der Waals surface area contributed by atoms with E-state index in [2.05, 4.69) is 0 Å². The molecule has 0 bridgehead atoms. The van der Waals surface area contributed by atoms with Gasteiger partial charge in [-0.15, -0.1) is 0 Å². The molecule has 9 heavy (non-hydrogen) atoms. The van der Waals surface area contributed by atoms with Crippen LogP contribution in [0.5, 0.6) is 0 Å². The zero-order chi connectivity index (χ0) is 7.07. The van der Waals surface area contributed by atoms with E-state index in [0.717, 1.165) is 0 Å². The molecule has 0 saturated carbocycles. The predicted molar refractivity (Wildman–Crippen MR) is 35.2 cm³/mol. The Morgan fingerprint density at radius 2 is 2.11 bits per heavy atom. The number of hydrogen-bond acceptors (Lipinski definition) is 2. The largest absolute Gasteiger partial charge is 0.396 e. The molecule has 1 heterocycles. The van der Waals surface area contributed by atoms with Gasteiger partial charge in [-0.1, -0.05) is 0 Å². The van der Waals surface area contributed by atoms with E-state index in [1.807, 2.05) is 20.8 Å². The van der Waals surface area contributed by atoms with Crippen LogP contribution in [0.3, 0.4) is 0 Å². The van der Waals surface area contributed by atoms with Crippen molar-refractivity contribution in [1.29, 1.82) is 0 Å². The van der Waals surface area contributed by atoms with Crippen LogP contribution in [-0.2, 0) is 4.74 Å². The first kappa shape index (κ1) is 7.03. The zero-order valence-corrected chi connectivity index (χ0v) is 6.22. The summed E-state index contributed by atoms with van der Waals surface area (Å²) >= 11 is 0. The first-order chi connectivity index (χ1) is 4.08. The summed E-state index contributed by atoms with van der Waals surface area (Å²) in [4.78, 5) is 0. The normalized spacial score (nSPS) is 40.0. The van der Waals surface area contributed by atoms with Gasteiger partial charge in [0.25, 0.3) is 0 Å². The van der Waals surface area contributed by atoms with E-state index in [1.165, 1.54) is 0 Å². The van der Waals surface area contributed by atoms with Gasteiger partial charge in [-0.25, -0.2) is 0 Å². The fraction of sp³-hybridized carbons (Fsp3) is 1.00. The van der Waals surface area contributed by atoms with Crippen molar-refractivity contribution in [2.24, 2.45) is 5.92 Å². The Labute approximate surface area is 55.8 Å². The van der Waals surface area contributed by atoms with Gasteiger partial charge < -0.3 is 9.84 Å². The highest BCUT2D eigenvalue weighted by atomic mass is 16.5. The average molecular weight is 130 g/mol.